The zero-order valence-corrected chi connectivity index (χ0v) is 16.8. The maximum Gasteiger partial charge on any atom is 0.272 e. The molecule has 2 aromatic carbocycles. The van der Waals surface area contributed by atoms with Gasteiger partial charge in [0.15, 0.2) is 0 Å². The number of H-pyrrole nitrogens is 1. The van der Waals surface area contributed by atoms with Crippen LogP contribution >= 0.6 is 11.6 Å². The Balaban J connectivity index is 1.36. The molecular weight excluding hydrogens is 388 g/mol. The first-order chi connectivity index (χ1) is 14.0. The molecule has 0 bridgehead atoms. The molecule has 0 saturated carbocycles. The number of nitrogens with zero attached hydrogens (tertiary/aromatic N) is 2. The van der Waals surface area contributed by atoms with Gasteiger partial charge >= 0.3 is 0 Å². The maximum absolute atomic E-state index is 12.5. The second-order valence-electron chi connectivity index (χ2n) is 7.02. The van der Waals surface area contributed by atoms with E-state index in [1.807, 2.05) is 48.7 Å². The van der Waals surface area contributed by atoms with Crippen molar-refractivity contribution >= 4 is 39.4 Å². The average molecular weight is 409 g/mol. The van der Waals surface area contributed by atoms with Crippen LogP contribution in [0.1, 0.15) is 17.7 Å². The van der Waals surface area contributed by atoms with Crippen molar-refractivity contribution in [1.29, 1.82) is 0 Å². The zero-order valence-electron chi connectivity index (χ0n) is 16.0. The van der Waals surface area contributed by atoms with Gasteiger partial charge in [0.2, 0.25) is 5.91 Å². The third kappa shape index (κ3) is 4.03. The fourth-order valence-electron chi connectivity index (χ4n) is 3.52. The molecule has 2 N–H and O–H groups in total. The van der Waals surface area contributed by atoms with Gasteiger partial charge in [0.05, 0.1) is 11.0 Å². The molecule has 6 nitrogen and oxygen atoms in total. The van der Waals surface area contributed by atoms with Crippen LogP contribution in [-0.2, 0) is 24.7 Å². The van der Waals surface area contributed by atoms with Crippen LogP contribution in [0.15, 0.2) is 53.5 Å². The molecule has 0 saturated heterocycles. The quantitative estimate of drug-likeness (QED) is 0.513. The lowest BCUT2D eigenvalue weighted by molar-refractivity contribution is -0.121. The Kier molecular flexibility index (Phi) is 5.36. The first-order valence-corrected chi connectivity index (χ1v) is 9.87. The maximum atomic E-state index is 12.5. The molecule has 0 aliphatic carbocycles. The van der Waals surface area contributed by atoms with E-state index in [9.17, 15) is 9.59 Å². The number of aromatic nitrogens is 3. The summed E-state index contributed by atoms with van der Waals surface area (Å²) in [6, 6.07) is 13.2. The lowest BCUT2D eigenvalue weighted by Crippen LogP contribution is -2.28. The standard InChI is InChI=1S/C22H21ClN4O2/c1-27-20-5-3-2-4-18(20)26-19(22(27)29)8-9-21(28)24-11-10-14-13-25-17-7-6-15(23)12-16(14)17/h2-7,12-13,25H,8-11H2,1H3,(H,24,28). The smallest absolute Gasteiger partial charge is 0.272 e. The largest absolute Gasteiger partial charge is 0.361 e. The number of amides is 1. The van der Waals surface area contributed by atoms with E-state index in [4.69, 9.17) is 11.6 Å². The number of fused-ring (bicyclic) bond motifs is 2. The topological polar surface area (TPSA) is 79.8 Å². The van der Waals surface area contributed by atoms with Crippen molar-refractivity contribution in [3.63, 3.8) is 0 Å². The molecular formula is C22H21ClN4O2. The molecule has 29 heavy (non-hydrogen) atoms. The summed E-state index contributed by atoms with van der Waals surface area (Å²) in [6.45, 7) is 0.515. The number of carbonyl (C=O) groups is 1. The number of benzene rings is 2. The third-order valence-electron chi connectivity index (χ3n) is 5.08. The van der Waals surface area contributed by atoms with Gasteiger partial charge < -0.3 is 14.9 Å². The molecule has 2 aromatic heterocycles. The Morgan fingerprint density at radius 2 is 2.03 bits per heavy atom. The molecule has 4 aromatic rings. The molecule has 0 aliphatic heterocycles. The van der Waals surface area contributed by atoms with Gasteiger partial charge in [0.1, 0.15) is 5.69 Å². The summed E-state index contributed by atoms with van der Waals surface area (Å²) in [5, 5.41) is 4.67. The fourth-order valence-corrected chi connectivity index (χ4v) is 3.69. The monoisotopic (exact) mass is 408 g/mol. The van der Waals surface area contributed by atoms with E-state index in [2.05, 4.69) is 15.3 Å². The average Bonchev–Trinajstić information content (AvgIpc) is 3.12. The van der Waals surface area contributed by atoms with E-state index in [-0.39, 0.29) is 17.9 Å². The predicted octanol–water partition coefficient (Wildman–Crippen LogP) is 3.36. The van der Waals surface area contributed by atoms with Gasteiger partial charge in [-0.1, -0.05) is 23.7 Å². The molecule has 0 fully saturated rings. The van der Waals surface area contributed by atoms with Crippen molar-refractivity contribution in [3.8, 4) is 0 Å². The number of carbonyl (C=O) groups excluding carboxylic acids is 1. The van der Waals surface area contributed by atoms with Crippen LogP contribution in [0.2, 0.25) is 5.02 Å². The highest BCUT2D eigenvalue weighted by molar-refractivity contribution is 6.31. The van der Waals surface area contributed by atoms with Crippen LogP contribution in [0.25, 0.3) is 21.9 Å². The van der Waals surface area contributed by atoms with Gasteiger partial charge in [0, 0.05) is 48.6 Å². The van der Waals surface area contributed by atoms with E-state index in [1.165, 1.54) is 0 Å². The number of aromatic amines is 1. The lowest BCUT2D eigenvalue weighted by Gasteiger charge is -2.08. The van der Waals surface area contributed by atoms with Gasteiger partial charge in [-0.3, -0.25) is 9.59 Å². The van der Waals surface area contributed by atoms with Gasteiger partial charge in [-0.25, -0.2) is 4.98 Å². The summed E-state index contributed by atoms with van der Waals surface area (Å²) >= 11 is 6.07. The summed E-state index contributed by atoms with van der Waals surface area (Å²) in [6.07, 6.45) is 3.17. The Morgan fingerprint density at radius 3 is 2.90 bits per heavy atom. The molecule has 1 amide bonds. The van der Waals surface area contributed by atoms with Crippen LogP contribution in [-0.4, -0.2) is 27.0 Å². The molecule has 2 heterocycles. The number of hydrogen-bond donors (Lipinski definition) is 2. The Morgan fingerprint density at radius 1 is 1.21 bits per heavy atom. The lowest BCUT2D eigenvalue weighted by atomic mass is 10.1. The first-order valence-electron chi connectivity index (χ1n) is 9.50. The van der Waals surface area contributed by atoms with Crippen LogP contribution in [0.3, 0.4) is 0 Å². The molecule has 0 atom stereocenters. The van der Waals surface area contributed by atoms with E-state index < -0.39 is 0 Å². The SMILES string of the molecule is Cn1c(=O)c(CCC(=O)NCCc2c[nH]c3ccc(Cl)cc23)nc2ccccc21. The van der Waals surface area contributed by atoms with E-state index in [0.29, 0.717) is 30.1 Å². The molecule has 0 spiro atoms. The predicted molar refractivity (Wildman–Crippen MR) is 115 cm³/mol. The second kappa shape index (κ2) is 8.09. The van der Waals surface area contributed by atoms with Crippen LogP contribution < -0.4 is 10.9 Å². The first kappa shape index (κ1) is 19.2. The normalized spacial score (nSPS) is 11.2. The van der Waals surface area contributed by atoms with Gasteiger partial charge in [-0.2, -0.15) is 0 Å². The fraction of sp³-hybridized carbons (Fsp3) is 0.227. The number of rotatable bonds is 6. The summed E-state index contributed by atoms with van der Waals surface area (Å²) in [5.74, 6) is -0.0973. The number of hydrogen-bond acceptors (Lipinski definition) is 3. The molecule has 0 aliphatic rings. The summed E-state index contributed by atoms with van der Waals surface area (Å²) in [4.78, 5) is 32.4. The Bertz CT molecular complexity index is 1260. The molecule has 4 rings (SSSR count). The van der Waals surface area contributed by atoms with Crippen molar-refractivity contribution in [3.05, 3.63) is 75.3 Å². The molecule has 7 heteroatoms. The minimum absolute atomic E-state index is 0.0973. The molecule has 0 radical (unpaired) electrons. The highest BCUT2D eigenvalue weighted by atomic mass is 35.5. The van der Waals surface area contributed by atoms with Crippen LogP contribution in [0.4, 0.5) is 0 Å². The van der Waals surface area contributed by atoms with Crippen LogP contribution in [0, 0.1) is 0 Å². The Labute approximate surface area is 172 Å². The van der Waals surface area contributed by atoms with Crippen molar-refractivity contribution in [2.75, 3.05) is 6.54 Å². The van der Waals surface area contributed by atoms with Crippen molar-refractivity contribution < 1.29 is 4.79 Å². The number of halogens is 1. The van der Waals surface area contributed by atoms with Gasteiger partial charge in [0.25, 0.3) is 5.56 Å². The number of nitrogens with one attached hydrogen (secondary N) is 2. The van der Waals surface area contributed by atoms with Crippen molar-refractivity contribution in [1.82, 2.24) is 19.9 Å². The zero-order chi connectivity index (χ0) is 20.4. The van der Waals surface area contributed by atoms with E-state index in [0.717, 1.165) is 27.5 Å². The van der Waals surface area contributed by atoms with Crippen LogP contribution in [0.5, 0.6) is 0 Å². The van der Waals surface area contributed by atoms with E-state index >= 15 is 0 Å². The number of para-hydroxylation sites is 2. The third-order valence-corrected chi connectivity index (χ3v) is 5.32. The highest BCUT2D eigenvalue weighted by Crippen LogP contribution is 2.22. The van der Waals surface area contributed by atoms with Gasteiger partial charge in [-0.05, 0) is 42.3 Å². The molecule has 0 unspecified atom stereocenters. The molecule has 148 valence electrons. The van der Waals surface area contributed by atoms with Gasteiger partial charge in [-0.15, -0.1) is 0 Å². The second-order valence-corrected chi connectivity index (χ2v) is 7.45. The summed E-state index contributed by atoms with van der Waals surface area (Å²) in [5.41, 5.74) is 3.91. The number of aryl methyl sites for hydroxylation is 2. The minimum atomic E-state index is -0.160. The van der Waals surface area contributed by atoms with Crippen molar-refractivity contribution in [2.45, 2.75) is 19.3 Å². The highest BCUT2D eigenvalue weighted by Gasteiger charge is 2.11. The van der Waals surface area contributed by atoms with Crippen molar-refractivity contribution in [2.24, 2.45) is 7.05 Å². The van der Waals surface area contributed by atoms with E-state index in [1.54, 1.807) is 11.6 Å². The Hall–Kier alpha value is -3.12. The summed E-state index contributed by atoms with van der Waals surface area (Å²) < 4.78 is 1.58. The summed E-state index contributed by atoms with van der Waals surface area (Å²) in [7, 11) is 1.73. The minimum Gasteiger partial charge on any atom is -0.361 e.